The molecule has 2 unspecified atom stereocenters. The second-order valence-corrected chi connectivity index (χ2v) is 12.7. The topological polar surface area (TPSA) is 54.4 Å². The van der Waals surface area contributed by atoms with E-state index in [1.54, 1.807) is 5.57 Å². The summed E-state index contributed by atoms with van der Waals surface area (Å²) in [4.78, 5) is 26.0. The maximum Gasteiger partial charge on any atom is 0.222 e. The monoisotopic (exact) mass is 422 g/mol. The van der Waals surface area contributed by atoms with Gasteiger partial charge in [0.15, 0.2) is 5.76 Å². The third kappa shape index (κ3) is 2.58. The average Bonchev–Trinajstić information content (AvgIpc) is 2.66. The van der Waals surface area contributed by atoms with Crippen LogP contribution >= 0.6 is 0 Å². The van der Waals surface area contributed by atoms with Crippen LogP contribution in [0.4, 0.5) is 0 Å². The van der Waals surface area contributed by atoms with Gasteiger partial charge in [-0.25, -0.2) is 0 Å². The SMILES string of the molecule is CC1=C2CC[C@]3(C)[C@H](CC=C4C5CC(C)(C)CC[C@@H]5C(=O)C[C@]43C)C2(C)C=C(O)C1=O. The Morgan fingerprint density at radius 3 is 2.45 bits per heavy atom. The molecule has 1 N–H and O–H groups in total. The molecule has 0 amide bonds. The van der Waals surface area contributed by atoms with E-state index in [1.165, 1.54) is 5.57 Å². The molecule has 0 aromatic carbocycles. The number of hydrogen-bond acceptors (Lipinski definition) is 3. The Balaban J connectivity index is 1.64. The van der Waals surface area contributed by atoms with Crippen molar-refractivity contribution < 1.29 is 14.7 Å². The number of aliphatic hydroxyl groups excluding tert-OH is 1. The van der Waals surface area contributed by atoms with Crippen LogP contribution in [-0.2, 0) is 9.59 Å². The minimum absolute atomic E-state index is 0.0327. The van der Waals surface area contributed by atoms with Crippen LogP contribution in [0.15, 0.2) is 34.6 Å². The number of rotatable bonds is 0. The Bertz CT molecular complexity index is 978. The van der Waals surface area contributed by atoms with Gasteiger partial charge in [-0.15, -0.1) is 0 Å². The smallest absolute Gasteiger partial charge is 0.222 e. The van der Waals surface area contributed by atoms with Gasteiger partial charge in [0.1, 0.15) is 5.78 Å². The predicted octanol–water partition coefficient (Wildman–Crippen LogP) is 6.50. The Hall–Kier alpha value is -1.64. The van der Waals surface area contributed by atoms with Gasteiger partial charge < -0.3 is 5.11 Å². The van der Waals surface area contributed by atoms with E-state index >= 15 is 0 Å². The van der Waals surface area contributed by atoms with Crippen molar-refractivity contribution in [1.82, 2.24) is 0 Å². The van der Waals surface area contributed by atoms with Gasteiger partial charge in [-0.1, -0.05) is 51.8 Å². The van der Waals surface area contributed by atoms with Crippen LogP contribution in [0.2, 0.25) is 0 Å². The van der Waals surface area contributed by atoms with Crippen molar-refractivity contribution in [2.75, 3.05) is 0 Å². The molecule has 0 spiro atoms. The van der Waals surface area contributed by atoms with Gasteiger partial charge in [-0.3, -0.25) is 9.59 Å². The van der Waals surface area contributed by atoms with Gasteiger partial charge in [-0.05, 0) is 74.2 Å². The predicted molar refractivity (Wildman–Crippen MR) is 122 cm³/mol. The molecule has 3 fully saturated rings. The highest BCUT2D eigenvalue weighted by Gasteiger charge is 2.65. The maximum atomic E-state index is 13.5. The van der Waals surface area contributed by atoms with Crippen molar-refractivity contribution in [1.29, 1.82) is 0 Å². The maximum absolute atomic E-state index is 13.5. The number of carbonyl (C=O) groups excluding carboxylic acids is 2. The Morgan fingerprint density at radius 1 is 1.03 bits per heavy atom. The zero-order valence-corrected chi connectivity index (χ0v) is 20.1. The molecule has 0 aliphatic heterocycles. The fraction of sp³-hybridized carbons (Fsp3) is 0.714. The molecule has 6 atom stereocenters. The number of fused-ring (bicyclic) bond motifs is 7. The van der Waals surface area contributed by atoms with Crippen LogP contribution in [0.3, 0.4) is 0 Å². The first-order chi connectivity index (χ1) is 14.3. The van der Waals surface area contributed by atoms with Gasteiger partial charge in [0.2, 0.25) is 5.78 Å². The van der Waals surface area contributed by atoms with Crippen LogP contribution in [0.1, 0.15) is 86.5 Å². The molecule has 5 rings (SSSR count). The number of hydrogen-bond donors (Lipinski definition) is 1. The van der Waals surface area contributed by atoms with Gasteiger partial charge in [0.25, 0.3) is 0 Å². The van der Waals surface area contributed by atoms with Crippen molar-refractivity contribution in [2.24, 2.45) is 39.4 Å². The lowest BCUT2D eigenvalue weighted by molar-refractivity contribution is -0.141. The van der Waals surface area contributed by atoms with Gasteiger partial charge >= 0.3 is 0 Å². The first-order valence-electron chi connectivity index (χ1n) is 12.2. The lowest BCUT2D eigenvalue weighted by Crippen LogP contribution is -2.60. The highest BCUT2D eigenvalue weighted by molar-refractivity contribution is 6.08. The van der Waals surface area contributed by atoms with Gasteiger partial charge in [-0.2, -0.15) is 0 Å². The summed E-state index contributed by atoms with van der Waals surface area (Å²) >= 11 is 0. The number of ketones is 2. The number of Topliss-reactive ketones (excluding diaryl/α,β-unsaturated/α-hetero) is 2. The summed E-state index contributed by atoms with van der Waals surface area (Å²) in [5, 5.41) is 10.5. The molecule has 0 bridgehead atoms. The lowest BCUT2D eigenvalue weighted by Gasteiger charge is -2.66. The molecule has 5 aliphatic rings. The molecule has 3 saturated carbocycles. The number of allylic oxidation sites excluding steroid dienone is 5. The molecule has 0 aromatic heterocycles. The molecule has 31 heavy (non-hydrogen) atoms. The molecule has 0 heterocycles. The second kappa shape index (κ2) is 6.23. The highest BCUT2D eigenvalue weighted by Crippen LogP contribution is 2.71. The molecule has 3 heteroatoms. The summed E-state index contributed by atoms with van der Waals surface area (Å²) in [5.74, 6) is 1.04. The average molecular weight is 423 g/mol. The van der Waals surface area contributed by atoms with E-state index in [0.29, 0.717) is 23.5 Å². The second-order valence-electron chi connectivity index (χ2n) is 12.7. The summed E-state index contributed by atoms with van der Waals surface area (Å²) in [5.41, 5.74) is 3.28. The Morgan fingerprint density at radius 2 is 1.74 bits per heavy atom. The van der Waals surface area contributed by atoms with Crippen molar-refractivity contribution in [3.8, 4) is 0 Å². The van der Waals surface area contributed by atoms with E-state index in [4.69, 9.17) is 0 Å². The molecule has 5 aliphatic carbocycles. The standard InChI is InChI=1S/C28H38O3/c1-16-19-10-12-27(5)23(26(19,4)14-22(30)24(16)31)8-7-20-18-13-25(2,3)11-9-17(18)21(29)15-28(20,27)6/h7,14,17-18,23,30H,8-13,15H2,1-6H3/t17-,18?,23+,26?,27+,28+/m0/s1. The van der Waals surface area contributed by atoms with E-state index in [-0.39, 0.29) is 39.6 Å². The lowest BCUT2D eigenvalue weighted by atomic mass is 9.37. The van der Waals surface area contributed by atoms with Crippen LogP contribution in [0.25, 0.3) is 0 Å². The van der Waals surface area contributed by atoms with Crippen LogP contribution in [-0.4, -0.2) is 16.7 Å². The molecule has 168 valence electrons. The summed E-state index contributed by atoms with van der Waals surface area (Å²) < 4.78 is 0. The first kappa shape index (κ1) is 21.2. The van der Waals surface area contributed by atoms with Crippen LogP contribution < -0.4 is 0 Å². The quantitative estimate of drug-likeness (QED) is 0.453. The minimum atomic E-state index is -0.328. The van der Waals surface area contributed by atoms with Gasteiger partial charge in [0.05, 0.1) is 0 Å². The minimum Gasteiger partial charge on any atom is -0.504 e. The number of aliphatic hydroxyl groups is 1. The molecular weight excluding hydrogens is 384 g/mol. The third-order valence-electron chi connectivity index (χ3n) is 10.7. The summed E-state index contributed by atoms with van der Waals surface area (Å²) in [6, 6.07) is 0. The summed E-state index contributed by atoms with van der Waals surface area (Å²) in [7, 11) is 0. The van der Waals surface area contributed by atoms with E-state index in [2.05, 4.69) is 40.7 Å². The zero-order valence-electron chi connectivity index (χ0n) is 20.1. The van der Waals surface area contributed by atoms with Crippen molar-refractivity contribution in [3.63, 3.8) is 0 Å². The molecule has 0 saturated heterocycles. The van der Waals surface area contributed by atoms with E-state index < -0.39 is 0 Å². The zero-order chi connectivity index (χ0) is 22.6. The molecule has 0 aromatic rings. The Labute approximate surface area is 187 Å². The highest BCUT2D eigenvalue weighted by atomic mass is 16.3. The fourth-order valence-electron chi connectivity index (χ4n) is 8.77. The fourth-order valence-corrected chi connectivity index (χ4v) is 8.77. The Kier molecular flexibility index (Phi) is 4.27. The van der Waals surface area contributed by atoms with Crippen LogP contribution in [0, 0.1) is 39.4 Å². The van der Waals surface area contributed by atoms with E-state index in [0.717, 1.165) is 44.1 Å². The van der Waals surface area contributed by atoms with Crippen molar-refractivity contribution in [3.05, 3.63) is 34.6 Å². The van der Waals surface area contributed by atoms with E-state index in [1.807, 2.05) is 13.0 Å². The molecule has 3 nitrogen and oxygen atoms in total. The largest absolute Gasteiger partial charge is 0.504 e. The molecular formula is C28H38O3. The normalized spacial score (nSPS) is 46.3. The first-order valence-corrected chi connectivity index (χ1v) is 12.2. The van der Waals surface area contributed by atoms with Crippen LogP contribution in [0.5, 0.6) is 0 Å². The summed E-state index contributed by atoms with van der Waals surface area (Å²) in [6.07, 6.45) is 11.1. The van der Waals surface area contributed by atoms with Crippen molar-refractivity contribution in [2.45, 2.75) is 86.5 Å². The third-order valence-corrected chi connectivity index (χ3v) is 10.7. The van der Waals surface area contributed by atoms with E-state index in [9.17, 15) is 14.7 Å². The van der Waals surface area contributed by atoms with Crippen molar-refractivity contribution >= 4 is 11.6 Å². The molecule has 0 radical (unpaired) electrons. The number of carbonyl (C=O) groups is 2. The summed E-state index contributed by atoms with van der Waals surface area (Å²) in [6.45, 7) is 13.6. The van der Waals surface area contributed by atoms with Gasteiger partial charge in [0, 0.05) is 28.7 Å².